The minimum absolute atomic E-state index is 0.346. The van der Waals surface area contributed by atoms with Gasteiger partial charge in [0.25, 0.3) is 0 Å². The fourth-order valence-electron chi connectivity index (χ4n) is 1.76. The summed E-state index contributed by atoms with van der Waals surface area (Å²) in [6.07, 6.45) is 0. The summed E-state index contributed by atoms with van der Waals surface area (Å²) in [4.78, 5) is 6.43. The van der Waals surface area contributed by atoms with Crippen molar-refractivity contribution in [2.75, 3.05) is 19.8 Å². The number of benzene rings is 1. The molecule has 0 amide bonds. The molecule has 2 N–H and O–H groups in total. The molecule has 1 aromatic carbocycles. The molecule has 2 aromatic rings. The van der Waals surface area contributed by atoms with E-state index in [4.69, 9.17) is 28.9 Å². The van der Waals surface area contributed by atoms with Crippen LogP contribution in [0.3, 0.4) is 0 Å². The molecule has 18 heavy (non-hydrogen) atoms. The van der Waals surface area contributed by atoms with Crippen LogP contribution in [-0.2, 0) is 6.54 Å². The van der Waals surface area contributed by atoms with Crippen molar-refractivity contribution in [3.63, 3.8) is 0 Å². The van der Waals surface area contributed by atoms with E-state index in [0.717, 1.165) is 17.6 Å². The first-order valence-corrected chi connectivity index (χ1v) is 6.43. The molecule has 98 valence electrons. The molecule has 0 radical (unpaired) electrons. The zero-order valence-corrected chi connectivity index (χ0v) is 12.1. The second-order valence-electron chi connectivity index (χ2n) is 4.65. The van der Waals surface area contributed by atoms with Crippen LogP contribution in [-0.4, -0.2) is 34.6 Å². The summed E-state index contributed by atoms with van der Waals surface area (Å²) in [5, 5.41) is 1.01. The van der Waals surface area contributed by atoms with E-state index in [-0.39, 0.29) is 0 Å². The molecular weight excluding hydrogens is 271 g/mol. The summed E-state index contributed by atoms with van der Waals surface area (Å²) in [6.45, 7) is 2.89. The second kappa shape index (κ2) is 4.96. The van der Waals surface area contributed by atoms with Gasteiger partial charge < -0.3 is 15.2 Å². The fourth-order valence-corrected chi connectivity index (χ4v) is 2.07. The number of aromatic nitrogens is 2. The number of anilines is 1. The molecule has 1 atom stereocenters. The first-order valence-electron chi connectivity index (χ1n) is 5.67. The summed E-state index contributed by atoms with van der Waals surface area (Å²) < 4.78 is 1.96. The van der Waals surface area contributed by atoms with Gasteiger partial charge in [-0.25, -0.2) is 4.98 Å². The fraction of sp³-hybridized carbons (Fsp3) is 0.417. The van der Waals surface area contributed by atoms with Gasteiger partial charge in [-0.2, -0.15) is 0 Å². The Labute approximate surface area is 116 Å². The lowest BCUT2D eigenvalue weighted by Gasteiger charge is -2.21. The van der Waals surface area contributed by atoms with Gasteiger partial charge in [-0.1, -0.05) is 23.2 Å². The Morgan fingerprint density at radius 3 is 2.56 bits per heavy atom. The number of likely N-dealkylation sites (N-methyl/N-ethyl adjacent to an activating group) is 1. The standard InChI is InChI=1S/C12H16Cl2N4/c1-7(17(2)3)6-18-11-5-9(14)8(13)4-10(11)16-12(18)15/h4-5,7H,6H2,1-3H3,(H2,15,16). The summed E-state index contributed by atoms with van der Waals surface area (Å²) >= 11 is 12.0. The molecule has 4 nitrogen and oxygen atoms in total. The van der Waals surface area contributed by atoms with E-state index in [1.165, 1.54) is 0 Å². The third-order valence-electron chi connectivity index (χ3n) is 3.15. The number of hydrogen-bond acceptors (Lipinski definition) is 3. The monoisotopic (exact) mass is 286 g/mol. The maximum absolute atomic E-state index is 6.04. The van der Waals surface area contributed by atoms with Gasteiger partial charge in [-0.05, 0) is 33.2 Å². The summed E-state index contributed by atoms with van der Waals surface area (Å²) in [5.41, 5.74) is 7.63. The third-order valence-corrected chi connectivity index (χ3v) is 3.87. The minimum atomic E-state index is 0.346. The Bertz CT molecular complexity index is 577. The van der Waals surface area contributed by atoms with E-state index < -0.39 is 0 Å². The van der Waals surface area contributed by atoms with Crippen molar-refractivity contribution in [3.05, 3.63) is 22.2 Å². The number of halogens is 2. The number of imidazole rings is 1. The van der Waals surface area contributed by atoms with Gasteiger partial charge in [0, 0.05) is 12.6 Å². The highest BCUT2D eigenvalue weighted by molar-refractivity contribution is 6.42. The SMILES string of the molecule is CC(Cn1c(N)nc2cc(Cl)c(Cl)cc21)N(C)C. The molecule has 0 aliphatic rings. The number of nitrogens with zero attached hydrogens (tertiary/aromatic N) is 3. The lowest BCUT2D eigenvalue weighted by Crippen LogP contribution is -2.29. The number of nitrogen functional groups attached to an aromatic ring is 1. The summed E-state index contributed by atoms with van der Waals surface area (Å²) in [5.74, 6) is 0.483. The van der Waals surface area contributed by atoms with Crippen LogP contribution in [0, 0.1) is 0 Å². The van der Waals surface area contributed by atoms with Gasteiger partial charge in [0.05, 0.1) is 21.1 Å². The van der Waals surface area contributed by atoms with Crippen LogP contribution in [0.4, 0.5) is 5.95 Å². The van der Waals surface area contributed by atoms with E-state index in [1.807, 2.05) is 24.7 Å². The van der Waals surface area contributed by atoms with Crippen molar-refractivity contribution in [2.45, 2.75) is 19.5 Å². The molecule has 0 fully saturated rings. The highest BCUT2D eigenvalue weighted by Crippen LogP contribution is 2.29. The number of hydrogen-bond donors (Lipinski definition) is 1. The Hall–Kier alpha value is -0.970. The maximum atomic E-state index is 6.04. The third kappa shape index (κ3) is 2.41. The number of fused-ring (bicyclic) bond motifs is 1. The van der Waals surface area contributed by atoms with Crippen LogP contribution >= 0.6 is 23.2 Å². The van der Waals surface area contributed by atoms with E-state index in [9.17, 15) is 0 Å². The number of rotatable bonds is 3. The Balaban J connectivity index is 2.50. The first kappa shape index (κ1) is 13.5. The van der Waals surface area contributed by atoms with Crippen LogP contribution in [0.1, 0.15) is 6.92 Å². The molecule has 0 aliphatic carbocycles. The van der Waals surface area contributed by atoms with Gasteiger partial charge >= 0.3 is 0 Å². The first-order chi connectivity index (χ1) is 8.40. The molecule has 0 aliphatic heterocycles. The highest BCUT2D eigenvalue weighted by atomic mass is 35.5. The smallest absolute Gasteiger partial charge is 0.201 e. The molecule has 2 rings (SSSR count). The van der Waals surface area contributed by atoms with Gasteiger partial charge in [-0.15, -0.1) is 0 Å². The van der Waals surface area contributed by atoms with Crippen molar-refractivity contribution >= 4 is 40.2 Å². The molecule has 0 saturated carbocycles. The molecular formula is C12H16Cl2N4. The van der Waals surface area contributed by atoms with E-state index in [0.29, 0.717) is 22.0 Å². The zero-order valence-electron chi connectivity index (χ0n) is 10.6. The van der Waals surface area contributed by atoms with Crippen molar-refractivity contribution in [2.24, 2.45) is 0 Å². The zero-order chi connectivity index (χ0) is 13.4. The topological polar surface area (TPSA) is 47.1 Å². The highest BCUT2D eigenvalue weighted by Gasteiger charge is 2.14. The molecule has 1 heterocycles. The van der Waals surface area contributed by atoms with E-state index >= 15 is 0 Å². The Kier molecular flexibility index (Phi) is 3.71. The second-order valence-corrected chi connectivity index (χ2v) is 5.46. The van der Waals surface area contributed by atoms with Crippen molar-refractivity contribution < 1.29 is 0 Å². The predicted molar refractivity (Wildman–Crippen MR) is 77.3 cm³/mol. The van der Waals surface area contributed by atoms with Gasteiger partial charge in [0.15, 0.2) is 0 Å². The molecule has 0 bridgehead atoms. The molecule has 0 saturated heterocycles. The van der Waals surface area contributed by atoms with Gasteiger partial charge in [0.2, 0.25) is 5.95 Å². The number of nitrogens with two attached hydrogens (primary N) is 1. The maximum Gasteiger partial charge on any atom is 0.201 e. The van der Waals surface area contributed by atoms with Crippen molar-refractivity contribution in [1.82, 2.24) is 14.5 Å². The molecule has 0 spiro atoms. The van der Waals surface area contributed by atoms with Crippen LogP contribution in [0.15, 0.2) is 12.1 Å². The van der Waals surface area contributed by atoms with Crippen molar-refractivity contribution in [3.8, 4) is 0 Å². The molecule has 1 unspecified atom stereocenters. The summed E-state index contributed by atoms with van der Waals surface area (Å²) in [6, 6.07) is 3.90. The van der Waals surface area contributed by atoms with Crippen molar-refractivity contribution in [1.29, 1.82) is 0 Å². The minimum Gasteiger partial charge on any atom is -0.369 e. The van der Waals surface area contributed by atoms with Crippen LogP contribution in [0.25, 0.3) is 11.0 Å². The van der Waals surface area contributed by atoms with Gasteiger partial charge in [0.1, 0.15) is 0 Å². The largest absolute Gasteiger partial charge is 0.369 e. The quantitative estimate of drug-likeness (QED) is 0.944. The Morgan fingerprint density at radius 2 is 1.94 bits per heavy atom. The normalized spacial score (nSPS) is 13.4. The van der Waals surface area contributed by atoms with E-state index in [1.54, 1.807) is 6.07 Å². The van der Waals surface area contributed by atoms with Crippen LogP contribution < -0.4 is 5.73 Å². The summed E-state index contributed by atoms with van der Waals surface area (Å²) in [7, 11) is 4.06. The molecule has 1 aromatic heterocycles. The predicted octanol–water partition coefficient (Wildman–Crippen LogP) is 2.88. The van der Waals surface area contributed by atoms with Crippen LogP contribution in [0.5, 0.6) is 0 Å². The lowest BCUT2D eigenvalue weighted by molar-refractivity contribution is 0.287. The van der Waals surface area contributed by atoms with E-state index in [2.05, 4.69) is 16.8 Å². The molecule has 6 heteroatoms. The Morgan fingerprint density at radius 1 is 1.33 bits per heavy atom. The average Bonchev–Trinajstić information content (AvgIpc) is 2.56. The van der Waals surface area contributed by atoms with Crippen LogP contribution in [0.2, 0.25) is 10.0 Å². The lowest BCUT2D eigenvalue weighted by atomic mass is 10.3. The average molecular weight is 287 g/mol. The van der Waals surface area contributed by atoms with Gasteiger partial charge in [-0.3, -0.25) is 0 Å².